The van der Waals surface area contributed by atoms with E-state index in [9.17, 15) is 9.18 Å². The molecule has 0 spiro atoms. The van der Waals surface area contributed by atoms with Crippen LogP contribution in [0.3, 0.4) is 0 Å². The third kappa shape index (κ3) is 3.18. The Kier molecular flexibility index (Phi) is 4.39. The van der Waals surface area contributed by atoms with Crippen LogP contribution in [0.5, 0.6) is 5.75 Å². The number of ether oxygens (including phenoxy) is 1. The molecule has 0 aliphatic carbocycles. The molecule has 1 heterocycles. The minimum Gasteiger partial charge on any atom is -0.496 e. The van der Waals surface area contributed by atoms with Gasteiger partial charge in [-0.05, 0) is 36.5 Å². The van der Waals surface area contributed by atoms with Crippen molar-refractivity contribution in [3.8, 4) is 17.2 Å². The Bertz CT molecular complexity index is 951. The molecule has 8 heteroatoms. The number of carbonyl (C=O) groups is 1. The van der Waals surface area contributed by atoms with Crippen LogP contribution in [-0.4, -0.2) is 23.2 Å². The zero-order chi connectivity index (χ0) is 17.1. The molecule has 0 aliphatic heterocycles. The Morgan fingerprint density at radius 1 is 1.33 bits per heavy atom. The molecule has 0 aliphatic rings. The topological polar surface area (TPSA) is 80.1 Å². The highest BCUT2D eigenvalue weighted by Gasteiger charge is 2.15. The fourth-order valence-corrected chi connectivity index (χ4v) is 2.26. The van der Waals surface area contributed by atoms with Gasteiger partial charge in [-0.1, -0.05) is 12.1 Å². The highest BCUT2D eigenvalue weighted by atomic mass is 32.1. The van der Waals surface area contributed by atoms with Gasteiger partial charge in [0.1, 0.15) is 11.6 Å². The number of aromatic nitrogens is 2. The molecule has 0 saturated carbocycles. The number of methoxy groups -OCH3 is 1. The molecule has 0 saturated heterocycles. The number of hydrogen-bond donors (Lipinski definition) is 2. The van der Waals surface area contributed by atoms with E-state index in [1.165, 1.54) is 25.3 Å². The zero-order valence-electron chi connectivity index (χ0n) is 12.5. The molecular formula is C16H12FN3O3S. The van der Waals surface area contributed by atoms with Crippen molar-refractivity contribution in [2.45, 2.75) is 0 Å². The van der Waals surface area contributed by atoms with Crippen LogP contribution < -0.4 is 10.1 Å². The van der Waals surface area contributed by atoms with Gasteiger partial charge in [0, 0.05) is 11.8 Å². The van der Waals surface area contributed by atoms with Crippen molar-refractivity contribution in [3.63, 3.8) is 0 Å². The van der Waals surface area contributed by atoms with Gasteiger partial charge < -0.3 is 14.5 Å². The highest BCUT2D eigenvalue weighted by molar-refractivity contribution is 7.71. The summed E-state index contributed by atoms with van der Waals surface area (Å²) in [5, 5.41) is 9.08. The summed E-state index contributed by atoms with van der Waals surface area (Å²) < 4.78 is 24.2. The van der Waals surface area contributed by atoms with E-state index < -0.39 is 11.7 Å². The number of nitrogens with zero attached hydrogens (tertiary/aromatic N) is 1. The van der Waals surface area contributed by atoms with Crippen LogP contribution in [0.4, 0.5) is 10.1 Å². The van der Waals surface area contributed by atoms with Crippen molar-refractivity contribution in [1.82, 2.24) is 10.2 Å². The number of rotatable bonds is 4. The Morgan fingerprint density at radius 2 is 2.12 bits per heavy atom. The van der Waals surface area contributed by atoms with Crippen LogP contribution in [0.2, 0.25) is 0 Å². The maximum Gasteiger partial charge on any atom is 0.284 e. The van der Waals surface area contributed by atoms with Gasteiger partial charge in [0.05, 0.1) is 18.2 Å². The van der Waals surface area contributed by atoms with Crippen LogP contribution in [0.25, 0.3) is 11.5 Å². The highest BCUT2D eigenvalue weighted by Crippen LogP contribution is 2.31. The molecule has 2 N–H and O–H groups in total. The van der Waals surface area contributed by atoms with E-state index in [2.05, 4.69) is 15.5 Å². The number of nitrogens with one attached hydrogen (secondary N) is 2. The molecule has 3 rings (SSSR count). The van der Waals surface area contributed by atoms with Gasteiger partial charge in [0.2, 0.25) is 5.89 Å². The lowest BCUT2D eigenvalue weighted by Gasteiger charge is -2.10. The third-order valence-corrected chi connectivity index (χ3v) is 3.42. The summed E-state index contributed by atoms with van der Waals surface area (Å²) in [6, 6.07) is 10.6. The van der Waals surface area contributed by atoms with E-state index in [0.717, 1.165) is 0 Å². The summed E-state index contributed by atoms with van der Waals surface area (Å²) >= 11 is 4.84. The number of carbonyl (C=O) groups excluding carboxylic acids is 1. The largest absolute Gasteiger partial charge is 0.496 e. The van der Waals surface area contributed by atoms with Crippen LogP contribution in [0, 0.1) is 10.7 Å². The molecule has 3 aromatic rings. The molecule has 0 fully saturated rings. The Hall–Kier alpha value is -3.00. The fraction of sp³-hybridized carbons (Fsp3) is 0.0625. The smallest absolute Gasteiger partial charge is 0.284 e. The summed E-state index contributed by atoms with van der Waals surface area (Å²) in [4.78, 5) is 12.3. The minimum atomic E-state index is -0.591. The van der Waals surface area contributed by atoms with Crippen LogP contribution in [-0.2, 0) is 0 Å². The first kappa shape index (κ1) is 15.9. The first-order chi connectivity index (χ1) is 11.6. The van der Waals surface area contributed by atoms with Gasteiger partial charge in [0.15, 0.2) is 0 Å². The number of halogens is 1. The lowest BCUT2D eigenvalue weighted by atomic mass is 10.1. The van der Waals surface area contributed by atoms with Gasteiger partial charge in [-0.3, -0.25) is 4.79 Å². The molecule has 24 heavy (non-hydrogen) atoms. The fourth-order valence-electron chi connectivity index (χ4n) is 2.13. The minimum absolute atomic E-state index is 0.0430. The first-order valence-corrected chi connectivity index (χ1v) is 7.29. The Morgan fingerprint density at radius 3 is 2.79 bits per heavy atom. The second kappa shape index (κ2) is 6.63. The number of H-pyrrole nitrogens is 1. The summed E-state index contributed by atoms with van der Waals surface area (Å²) in [5.74, 6) is -0.456. The average molecular weight is 345 g/mol. The normalized spacial score (nSPS) is 10.4. The van der Waals surface area contributed by atoms with Crippen molar-refractivity contribution >= 4 is 23.8 Å². The SMILES string of the molecule is COc1cc(NC(=O)c2ccccc2F)ccc1-c1n[nH]c(=S)o1. The van der Waals surface area contributed by atoms with E-state index in [-0.39, 0.29) is 16.3 Å². The summed E-state index contributed by atoms with van der Waals surface area (Å²) in [6.45, 7) is 0. The van der Waals surface area contributed by atoms with Gasteiger partial charge >= 0.3 is 0 Å². The monoisotopic (exact) mass is 345 g/mol. The number of aromatic amines is 1. The van der Waals surface area contributed by atoms with Crippen LogP contribution >= 0.6 is 12.2 Å². The predicted octanol–water partition coefficient (Wildman–Crippen LogP) is 3.80. The van der Waals surface area contributed by atoms with Crippen molar-refractivity contribution < 1.29 is 18.3 Å². The average Bonchev–Trinajstić information content (AvgIpc) is 3.01. The van der Waals surface area contributed by atoms with E-state index in [1.807, 2.05) is 0 Å². The van der Waals surface area contributed by atoms with E-state index >= 15 is 0 Å². The number of hydrogen-bond acceptors (Lipinski definition) is 5. The van der Waals surface area contributed by atoms with Gasteiger partial charge in [-0.2, -0.15) is 0 Å². The number of amides is 1. The molecule has 122 valence electrons. The van der Waals surface area contributed by atoms with E-state index in [4.69, 9.17) is 21.4 Å². The maximum atomic E-state index is 13.7. The molecule has 0 unspecified atom stereocenters. The maximum absolute atomic E-state index is 13.7. The molecule has 6 nitrogen and oxygen atoms in total. The summed E-state index contributed by atoms with van der Waals surface area (Å²) in [6.07, 6.45) is 0. The lowest BCUT2D eigenvalue weighted by Crippen LogP contribution is -2.13. The van der Waals surface area contributed by atoms with E-state index in [0.29, 0.717) is 17.0 Å². The standard InChI is InChI=1S/C16H12FN3O3S/c1-22-13-8-9(6-7-11(13)15-19-20-16(24)23-15)18-14(21)10-4-2-3-5-12(10)17/h2-8H,1H3,(H,18,21)(H,20,24). The predicted molar refractivity (Wildman–Crippen MR) is 88.0 cm³/mol. The second-order valence-corrected chi connectivity index (χ2v) is 5.14. The van der Waals surface area contributed by atoms with Crippen molar-refractivity contribution in [2.24, 2.45) is 0 Å². The van der Waals surface area contributed by atoms with Crippen molar-refractivity contribution in [2.75, 3.05) is 12.4 Å². The van der Waals surface area contributed by atoms with Crippen LogP contribution in [0.15, 0.2) is 46.9 Å². The van der Waals surface area contributed by atoms with Crippen LogP contribution in [0.1, 0.15) is 10.4 Å². The third-order valence-electron chi connectivity index (χ3n) is 3.25. The Labute approximate surface area is 141 Å². The van der Waals surface area contributed by atoms with Gasteiger partial charge in [-0.15, -0.1) is 5.10 Å². The van der Waals surface area contributed by atoms with Crippen molar-refractivity contribution in [3.05, 3.63) is 58.7 Å². The number of anilines is 1. The molecule has 0 radical (unpaired) electrons. The molecular weight excluding hydrogens is 333 g/mol. The molecule has 0 bridgehead atoms. The van der Waals surface area contributed by atoms with E-state index in [1.54, 1.807) is 24.3 Å². The molecule has 0 atom stereocenters. The van der Waals surface area contributed by atoms with Gasteiger partial charge in [0.25, 0.3) is 10.7 Å². The summed E-state index contributed by atoms with van der Waals surface area (Å²) in [5.41, 5.74) is 0.963. The Balaban J connectivity index is 1.89. The van der Waals surface area contributed by atoms with Crippen molar-refractivity contribution in [1.29, 1.82) is 0 Å². The molecule has 1 aromatic heterocycles. The summed E-state index contributed by atoms with van der Waals surface area (Å²) in [7, 11) is 1.47. The first-order valence-electron chi connectivity index (χ1n) is 6.88. The van der Waals surface area contributed by atoms with Gasteiger partial charge in [-0.25, -0.2) is 9.49 Å². The second-order valence-electron chi connectivity index (χ2n) is 4.77. The quantitative estimate of drug-likeness (QED) is 0.703. The lowest BCUT2D eigenvalue weighted by molar-refractivity contribution is 0.102. The number of benzene rings is 2. The zero-order valence-corrected chi connectivity index (χ0v) is 13.3. The molecule has 1 amide bonds. The molecule has 2 aromatic carbocycles.